The second-order valence-corrected chi connectivity index (χ2v) is 5.37. The zero-order valence-corrected chi connectivity index (χ0v) is 11.2. The van der Waals surface area contributed by atoms with Gasteiger partial charge in [0.25, 0.3) is 5.56 Å². The third-order valence-electron chi connectivity index (χ3n) is 4.28. The first-order chi connectivity index (χ1) is 9.22. The van der Waals surface area contributed by atoms with Gasteiger partial charge in [0, 0.05) is 5.54 Å². The van der Waals surface area contributed by atoms with Crippen LogP contribution in [-0.4, -0.2) is 15.5 Å². The van der Waals surface area contributed by atoms with Gasteiger partial charge in [-0.3, -0.25) is 4.79 Å². The predicted octanol–water partition coefficient (Wildman–Crippen LogP) is 2.35. The smallest absolute Gasteiger partial charge is 0.258 e. The molecule has 1 aliphatic carbocycles. The molecule has 1 aromatic carbocycles. The number of aromatic nitrogens is 2. The lowest BCUT2D eigenvalue weighted by Gasteiger charge is -2.42. The van der Waals surface area contributed by atoms with Crippen LogP contribution in [0.25, 0.3) is 10.9 Å². The Hall–Kier alpha value is -1.68. The average molecular weight is 257 g/mol. The van der Waals surface area contributed by atoms with Gasteiger partial charge < -0.3 is 10.3 Å². The van der Waals surface area contributed by atoms with Gasteiger partial charge in [-0.15, -0.1) is 0 Å². The van der Waals surface area contributed by atoms with Crippen LogP contribution in [0.2, 0.25) is 0 Å². The van der Waals surface area contributed by atoms with Crippen molar-refractivity contribution in [2.75, 3.05) is 0 Å². The topological polar surface area (TPSA) is 57.8 Å². The third kappa shape index (κ3) is 2.28. The summed E-state index contributed by atoms with van der Waals surface area (Å²) in [7, 11) is 0. The van der Waals surface area contributed by atoms with Gasteiger partial charge in [-0.05, 0) is 37.8 Å². The molecule has 1 fully saturated rings. The van der Waals surface area contributed by atoms with Crippen LogP contribution in [0.3, 0.4) is 0 Å². The lowest BCUT2D eigenvalue weighted by Crippen LogP contribution is -2.50. The molecule has 4 heteroatoms. The lowest BCUT2D eigenvalue weighted by atomic mass is 9.75. The Kier molecular flexibility index (Phi) is 3.11. The molecule has 19 heavy (non-hydrogen) atoms. The van der Waals surface area contributed by atoms with Crippen LogP contribution in [-0.2, 0) is 6.54 Å². The van der Waals surface area contributed by atoms with Crippen molar-refractivity contribution in [2.24, 2.45) is 0 Å². The summed E-state index contributed by atoms with van der Waals surface area (Å²) in [6, 6.07) is 7.45. The van der Waals surface area contributed by atoms with Gasteiger partial charge in [-0.1, -0.05) is 19.1 Å². The zero-order valence-electron chi connectivity index (χ0n) is 11.2. The quantitative estimate of drug-likeness (QED) is 0.884. The van der Waals surface area contributed by atoms with Crippen LogP contribution in [0, 0.1) is 0 Å². The first kappa shape index (κ1) is 12.4. The van der Waals surface area contributed by atoms with Gasteiger partial charge in [0.05, 0.1) is 17.4 Å². The molecule has 100 valence electrons. The number of H-pyrrole nitrogens is 1. The number of aromatic amines is 1. The van der Waals surface area contributed by atoms with E-state index in [9.17, 15) is 4.79 Å². The molecule has 4 nitrogen and oxygen atoms in total. The van der Waals surface area contributed by atoms with Gasteiger partial charge >= 0.3 is 0 Å². The second kappa shape index (κ2) is 4.78. The molecule has 0 atom stereocenters. The van der Waals surface area contributed by atoms with Gasteiger partial charge in [-0.2, -0.15) is 0 Å². The average Bonchev–Trinajstić information content (AvgIpc) is 2.38. The highest BCUT2D eigenvalue weighted by Gasteiger charge is 2.34. The van der Waals surface area contributed by atoms with Gasteiger partial charge in [0.1, 0.15) is 5.82 Å². The maximum absolute atomic E-state index is 12.0. The van der Waals surface area contributed by atoms with Crippen LogP contribution in [0.5, 0.6) is 0 Å². The predicted molar refractivity (Wildman–Crippen MR) is 76.1 cm³/mol. The van der Waals surface area contributed by atoms with Crippen molar-refractivity contribution in [3.63, 3.8) is 0 Å². The molecule has 0 radical (unpaired) electrons. The van der Waals surface area contributed by atoms with Crippen molar-refractivity contribution in [3.05, 3.63) is 40.4 Å². The van der Waals surface area contributed by atoms with Gasteiger partial charge in [-0.25, -0.2) is 4.98 Å². The standard InChI is InChI=1S/C15H19N3O/c1-2-15(8-5-9-15)16-10-13-17-12-7-4-3-6-11(12)14(19)18-13/h3-4,6-7,16H,2,5,8-10H2,1H3,(H,17,18,19). The molecule has 0 amide bonds. The molecule has 3 rings (SSSR count). The summed E-state index contributed by atoms with van der Waals surface area (Å²) >= 11 is 0. The van der Waals surface area contributed by atoms with E-state index in [1.807, 2.05) is 18.2 Å². The Morgan fingerprint density at radius 1 is 1.37 bits per heavy atom. The number of para-hydroxylation sites is 1. The third-order valence-corrected chi connectivity index (χ3v) is 4.28. The maximum atomic E-state index is 12.0. The minimum atomic E-state index is -0.0541. The van der Waals surface area contributed by atoms with Gasteiger partial charge in [0.2, 0.25) is 0 Å². The largest absolute Gasteiger partial charge is 0.309 e. The molecule has 0 spiro atoms. The molecule has 1 heterocycles. The molecular weight excluding hydrogens is 238 g/mol. The number of rotatable bonds is 4. The Morgan fingerprint density at radius 2 is 2.16 bits per heavy atom. The Morgan fingerprint density at radius 3 is 2.84 bits per heavy atom. The number of benzene rings is 1. The van der Waals surface area contributed by atoms with Crippen LogP contribution in [0.4, 0.5) is 0 Å². The SMILES string of the molecule is CCC1(NCc2nc3ccccc3c(=O)[nH]2)CCC1. The summed E-state index contributed by atoms with van der Waals surface area (Å²) in [6.45, 7) is 2.84. The minimum absolute atomic E-state index is 0.0541. The molecule has 2 N–H and O–H groups in total. The van der Waals surface area contributed by atoms with Crippen molar-refractivity contribution in [3.8, 4) is 0 Å². The maximum Gasteiger partial charge on any atom is 0.258 e. The molecule has 1 aliphatic rings. The fourth-order valence-corrected chi connectivity index (χ4v) is 2.75. The lowest BCUT2D eigenvalue weighted by molar-refractivity contribution is 0.174. The zero-order chi connectivity index (χ0) is 13.3. The number of hydrogen-bond donors (Lipinski definition) is 2. The van der Waals surface area contributed by atoms with Crippen LogP contribution in [0.1, 0.15) is 38.4 Å². The summed E-state index contributed by atoms with van der Waals surface area (Å²) < 4.78 is 0. The number of nitrogens with one attached hydrogen (secondary N) is 2. The van der Waals surface area contributed by atoms with Crippen molar-refractivity contribution in [1.29, 1.82) is 0 Å². The Bertz CT molecular complexity index is 638. The van der Waals surface area contributed by atoms with Crippen LogP contribution in [0.15, 0.2) is 29.1 Å². The number of nitrogens with zero attached hydrogens (tertiary/aromatic N) is 1. The van der Waals surface area contributed by atoms with Crippen molar-refractivity contribution in [1.82, 2.24) is 15.3 Å². The monoisotopic (exact) mass is 257 g/mol. The summed E-state index contributed by atoms with van der Waals surface area (Å²) in [4.78, 5) is 19.3. The minimum Gasteiger partial charge on any atom is -0.309 e. The highest BCUT2D eigenvalue weighted by Crippen LogP contribution is 2.34. The van der Waals surface area contributed by atoms with E-state index in [1.54, 1.807) is 6.07 Å². The number of hydrogen-bond acceptors (Lipinski definition) is 3. The van der Waals surface area contributed by atoms with E-state index in [4.69, 9.17) is 0 Å². The van der Waals surface area contributed by atoms with E-state index in [1.165, 1.54) is 19.3 Å². The van der Waals surface area contributed by atoms with Crippen LogP contribution < -0.4 is 10.9 Å². The highest BCUT2D eigenvalue weighted by molar-refractivity contribution is 5.77. The molecule has 0 unspecified atom stereocenters. The molecule has 0 bridgehead atoms. The van der Waals surface area contributed by atoms with E-state index < -0.39 is 0 Å². The van der Waals surface area contributed by atoms with E-state index in [0.717, 1.165) is 17.8 Å². The molecule has 0 aliphatic heterocycles. The Labute approximate surface area is 112 Å². The van der Waals surface area contributed by atoms with E-state index in [2.05, 4.69) is 22.2 Å². The van der Waals surface area contributed by atoms with Crippen molar-refractivity contribution >= 4 is 10.9 Å². The van der Waals surface area contributed by atoms with E-state index >= 15 is 0 Å². The van der Waals surface area contributed by atoms with E-state index in [0.29, 0.717) is 11.9 Å². The molecular formula is C15H19N3O. The van der Waals surface area contributed by atoms with Crippen molar-refractivity contribution < 1.29 is 0 Å². The van der Waals surface area contributed by atoms with Gasteiger partial charge in [0.15, 0.2) is 0 Å². The summed E-state index contributed by atoms with van der Waals surface area (Å²) in [5, 5.41) is 4.21. The normalized spacial score (nSPS) is 17.3. The summed E-state index contributed by atoms with van der Waals surface area (Å²) in [5.74, 6) is 0.725. The molecule has 2 aromatic rings. The molecule has 1 saturated carbocycles. The van der Waals surface area contributed by atoms with Crippen molar-refractivity contribution in [2.45, 2.75) is 44.7 Å². The first-order valence-electron chi connectivity index (χ1n) is 6.95. The summed E-state index contributed by atoms with van der Waals surface area (Å²) in [5.41, 5.74) is 0.980. The second-order valence-electron chi connectivity index (χ2n) is 5.37. The molecule has 0 saturated heterocycles. The summed E-state index contributed by atoms with van der Waals surface area (Å²) in [6.07, 6.45) is 4.87. The fraction of sp³-hybridized carbons (Fsp3) is 0.467. The molecule has 1 aromatic heterocycles. The van der Waals surface area contributed by atoms with Crippen LogP contribution >= 0.6 is 0 Å². The van der Waals surface area contributed by atoms with E-state index in [-0.39, 0.29) is 11.1 Å². The highest BCUT2D eigenvalue weighted by atomic mass is 16.1. The Balaban J connectivity index is 1.83. The fourth-order valence-electron chi connectivity index (χ4n) is 2.75. The number of fused-ring (bicyclic) bond motifs is 1. The first-order valence-corrected chi connectivity index (χ1v) is 6.95.